The van der Waals surface area contributed by atoms with Crippen molar-refractivity contribution in [2.24, 2.45) is 22.7 Å². The molecule has 0 aromatic heterocycles. The predicted molar refractivity (Wildman–Crippen MR) is 131 cm³/mol. The number of nitroso groups, excluding NO2 is 1. The number of hydrogen-bond donors (Lipinski definition) is 5. The van der Waals surface area contributed by atoms with Gasteiger partial charge in [0.05, 0.1) is 28.9 Å². The van der Waals surface area contributed by atoms with Crippen molar-refractivity contribution in [2.45, 2.75) is 18.1 Å². The molecule has 0 radical (unpaired) electrons. The van der Waals surface area contributed by atoms with Crippen LogP contribution in [0.5, 0.6) is 5.75 Å². The lowest BCUT2D eigenvalue weighted by molar-refractivity contribution is -0.151. The summed E-state index contributed by atoms with van der Waals surface area (Å²) in [5.41, 5.74) is 1.39. The molecule has 5 rings (SSSR count). The number of nitrogens with two attached hydrogens (primary N) is 1. The smallest absolute Gasteiger partial charge is 0.254 e. The molecule has 0 saturated carbocycles. The van der Waals surface area contributed by atoms with Crippen LogP contribution in [0.4, 0.5) is 0 Å². The standard InChI is InChI=1S/C27H19N3O8/c28-10-12-6-4-11(5-7-12)8-14-13-2-1-3-17(31)18(13)23(33)21-19(14)22(32)15-9-16(30-38)20(26(29)36)24(34)27(15,37)25(21)35/h1-8,15,19,22,31-32,35,37H,9H2,(H2,29,36)/b14-8+. The molecular weight excluding hydrogens is 494 g/mol. The molecule has 2 aromatic carbocycles. The first-order valence-corrected chi connectivity index (χ1v) is 11.4. The Kier molecular flexibility index (Phi) is 5.59. The van der Waals surface area contributed by atoms with E-state index in [-0.39, 0.29) is 16.7 Å². The zero-order valence-electron chi connectivity index (χ0n) is 19.5. The van der Waals surface area contributed by atoms with Crippen molar-refractivity contribution in [3.63, 3.8) is 0 Å². The van der Waals surface area contributed by atoms with E-state index in [2.05, 4.69) is 5.18 Å². The third kappa shape index (κ3) is 3.25. The van der Waals surface area contributed by atoms with Crippen LogP contribution < -0.4 is 5.73 Å². The third-order valence-corrected chi connectivity index (χ3v) is 7.37. The number of allylic oxidation sites excluding steroid dienone is 1. The maximum absolute atomic E-state index is 13.6. The van der Waals surface area contributed by atoms with Gasteiger partial charge in [0.1, 0.15) is 22.8 Å². The summed E-state index contributed by atoms with van der Waals surface area (Å²) in [6.45, 7) is 0. The van der Waals surface area contributed by atoms with Crippen LogP contribution >= 0.6 is 0 Å². The lowest BCUT2D eigenvalue weighted by atomic mass is 9.57. The van der Waals surface area contributed by atoms with Gasteiger partial charge in [0.2, 0.25) is 5.78 Å². The number of benzene rings is 2. The molecule has 6 N–H and O–H groups in total. The Morgan fingerprint density at radius 1 is 1.16 bits per heavy atom. The van der Waals surface area contributed by atoms with Crippen LogP contribution in [0.1, 0.15) is 33.5 Å². The van der Waals surface area contributed by atoms with Crippen LogP contribution in [0.25, 0.3) is 11.6 Å². The number of nitriles is 1. The number of carbonyl (C=O) groups excluding carboxylic acids is 3. The summed E-state index contributed by atoms with van der Waals surface area (Å²) in [5.74, 6) is -8.22. The van der Waals surface area contributed by atoms with Crippen LogP contribution in [0, 0.1) is 28.1 Å². The highest BCUT2D eigenvalue weighted by molar-refractivity contribution is 6.25. The first kappa shape index (κ1) is 24.8. The summed E-state index contributed by atoms with van der Waals surface area (Å²) in [6.07, 6.45) is -0.749. The lowest BCUT2D eigenvalue weighted by Crippen LogP contribution is -2.62. The molecule has 0 bridgehead atoms. The first-order chi connectivity index (χ1) is 18.1. The van der Waals surface area contributed by atoms with E-state index in [1.54, 1.807) is 30.3 Å². The van der Waals surface area contributed by atoms with Gasteiger partial charge in [-0.1, -0.05) is 30.3 Å². The summed E-state index contributed by atoms with van der Waals surface area (Å²) < 4.78 is 0. The van der Waals surface area contributed by atoms with Gasteiger partial charge in [-0.3, -0.25) is 14.4 Å². The number of aromatic hydroxyl groups is 1. The van der Waals surface area contributed by atoms with Gasteiger partial charge in [0.15, 0.2) is 11.4 Å². The number of aliphatic hydroxyl groups excluding tert-OH is 2. The second-order valence-electron chi connectivity index (χ2n) is 9.28. The molecule has 3 aliphatic carbocycles. The van der Waals surface area contributed by atoms with Gasteiger partial charge in [-0.2, -0.15) is 5.26 Å². The molecule has 190 valence electrons. The maximum Gasteiger partial charge on any atom is 0.254 e. The van der Waals surface area contributed by atoms with E-state index >= 15 is 0 Å². The maximum atomic E-state index is 13.6. The Bertz CT molecular complexity index is 1590. The SMILES string of the molecule is N#Cc1ccc(/C=C2\c3cccc(O)c3C(=O)C3=C(O)C4(O)C(=O)C(C(N)=O)=C(N=O)CC4C(O)C32)cc1. The van der Waals surface area contributed by atoms with Crippen molar-refractivity contribution in [1.82, 2.24) is 0 Å². The van der Waals surface area contributed by atoms with Crippen LogP contribution in [-0.4, -0.2) is 49.6 Å². The molecule has 11 nitrogen and oxygen atoms in total. The summed E-state index contributed by atoms with van der Waals surface area (Å²) in [5, 5.41) is 56.7. The molecule has 3 aliphatic rings. The number of fused-ring (bicyclic) bond motifs is 3. The number of carbonyl (C=O) groups is 3. The first-order valence-electron chi connectivity index (χ1n) is 11.4. The second kappa shape index (κ2) is 8.58. The summed E-state index contributed by atoms with van der Waals surface area (Å²) in [7, 11) is 0. The molecular formula is C27H19N3O8. The van der Waals surface area contributed by atoms with E-state index in [0.717, 1.165) is 0 Å². The number of phenols is 1. The van der Waals surface area contributed by atoms with Gasteiger partial charge in [0, 0.05) is 18.3 Å². The molecule has 0 saturated heterocycles. The third-order valence-electron chi connectivity index (χ3n) is 7.37. The molecule has 0 heterocycles. The van der Waals surface area contributed by atoms with Gasteiger partial charge in [-0.05, 0) is 40.1 Å². The molecule has 38 heavy (non-hydrogen) atoms. The van der Waals surface area contributed by atoms with Gasteiger partial charge >= 0.3 is 0 Å². The number of phenolic OH excluding ortho intramolecular Hbond substituents is 1. The van der Waals surface area contributed by atoms with Crippen molar-refractivity contribution in [3.05, 3.63) is 92.2 Å². The minimum absolute atomic E-state index is 0.231. The van der Waals surface area contributed by atoms with Crippen LogP contribution in [0.2, 0.25) is 0 Å². The Hall–Kier alpha value is -4.92. The zero-order chi connectivity index (χ0) is 27.5. The fourth-order valence-electron chi connectivity index (χ4n) is 5.60. The van der Waals surface area contributed by atoms with Gasteiger partial charge in [-0.25, -0.2) is 0 Å². The van der Waals surface area contributed by atoms with E-state index in [1.165, 1.54) is 18.2 Å². The normalized spacial score (nSPS) is 27.4. The molecule has 11 heteroatoms. The molecule has 1 amide bonds. The summed E-state index contributed by atoms with van der Waals surface area (Å²) >= 11 is 0. The van der Waals surface area contributed by atoms with Gasteiger partial charge < -0.3 is 26.2 Å². The van der Waals surface area contributed by atoms with Crippen molar-refractivity contribution in [2.75, 3.05) is 0 Å². The monoisotopic (exact) mass is 513 g/mol. The molecule has 2 aromatic rings. The van der Waals surface area contributed by atoms with Gasteiger partial charge in [-0.15, -0.1) is 4.91 Å². The molecule has 4 atom stereocenters. The highest BCUT2D eigenvalue weighted by atomic mass is 16.4. The quantitative estimate of drug-likeness (QED) is 0.298. The Morgan fingerprint density at radius 3 is 2.45 bits per heavy atom. The molecule has 0 aliphatic heterocycles. The number of nitrogens with zero attached hydrogens (tertiary/aromatic N) is 2. The van der Waals surface area contributed by atoms with E-state index < -0.39 is 75.8 Å². The van der Waals surface area contributed by atoms with E-state index in [1.807, 2.05) is 6.07 Å². The fourth-order valence-corrected chi connectivity index (χ4v) is 5.60. The second-order valence-corrected chi connectivity index (χ2v) is 9.28. The van der Waals surface area contributed by atoms with Gasteiger partial charge in [0.25, 0.3) is 5.91 Å². The number of primary amides is 1. The average Bonchev–Trinajstić information content (AvgIpc) is 2.90. The number of ketones is 2. The minimum Gasteiger partial charge on any atom is -0.508 e. The van der Waals surface area contributed by atoms with E-state index in [4.69, 9.17) is 11.0 Å². The van der Waals surface area contributed by atoms with Crippen molar-refractivity contribution < 1.29 is 34.8 Å². The molecule has 4 unspecified atom stereocenters. The highest BCUT2D eigenvalue weighted by Crippen LogP contribution is 2.55. The average molecular weight is 513 g/mol. The minimum atomic E-state index is -2.96. The number of aliphatic hydroxyl groups is 3. The van der Waals surface area contributed by atoms with E-state index in [0.29, 0.717) is 11.1 Å². The van der Waals surface area contributed by atoms with Crippen molar-refractivity contribution >= 4 is 29.1 Å². The highest BCUT2D eigenvalue weighted by Gasteiger charge is 2.63. The number of hydrogen-bond acceptors (Lipinski definition) is 10. The summed E-state index contributed by atoms with van der Waals surface area (Å²) in [4.78, 5) is 50.3. The van der Waals surface area contributed by atoms with E-state index in [9.17, 15) is 39.7 Å². The lowest BCUT2D eigenvalue weighted by Gasteiger charge is -2.49. The topological polar surface area (TPSA) is 211 Å². The predicted octanol–water partition coefficient (Wildman–Crippen LogP) is 1.63. The summed E-state index contributed by atoms with van der Waals surface area (Å²) in [6, 6.07) is 12.6. The van der Waals surface area contributed by atoms with Crippen LogP contribution in [0.3, 0.4) is 0 Å². The van der Waals surface area contributed by atoms with Crippen molar-refractivity contribution in [3.8, 4) is 11.8 Å². The fraction of sp³-hybridized carbons (Fsp3) is 0.185. The number of amides is 1. The molecule has 0 spiro atoms. The van der Waals surface area contributed by atoms with Crippen LogP contribution in [0.15, 0.2) is 70.2 Å². The number of rotatable bonds is 3. The Labute approximate surface area is 214 Å². The Balaban J connectivity index is 1.81. The molecule has 0 fully saturated rings. The van der Waals surface area contributed by atoms with Crippen molar-refractivity contribution in [1.29, 1.82) is 5.26 Å². The Morgan fingerprint density at radius 2 is 1.84 bits per heavy atom. The zero-order valence-corrected chi connectivity index (χ0v) is 19.5. The number of Topliss-reactive ketones (excluding diaryl/α,β-unsaturated/α-hetero) is 2. The largest absolute Gasteiger partial charge is 0.508 e. The van der Waals surface area contributed by atoms with Crippen LogP contribution in [-0.2, 0) is 9.59 Å².